The van der Waals surface area contributed by atoms with Crippen molar-refractivity contribution in [2.75, 3.05) is 25.0 Å². The number of carbonyl (C=O) groups excluding carboxylic acids is 2. The van der Waals surface area contributed by atoms with Gasteiger partial charge in [0.05, 0.1) is 29.3 Å². The van der Waals surface area contributed by atoms with Gasteiger partial charge in [0.1, 0.15) is 0 Å². The number of esters is 1. The SMILES string of the molecule is CCCN(CC(=O)Nc1ccccc1C(=O)OCC)S(=O)(=O)c1cccc2cnccc12. The van der Waals surface area contributed by atoms with Crippen LogP contribution in [-0.4, -0.2) is 49.3 Å². The molecule has 0 saturated heterocycles. The number of nitrogens with zero attached hydrogens (tertiary/aromatic N) is 2. The molecule has 0 radical (unpaired) electrons. The Hall–Kier alpha value is -3.30. The zero-order valence-corrected chi connectivity index (χ0v) is 18.8. The van der Waals surface area contributed by atoms with Crippen molar-refractivity contribution in [2.24, 2.45) is 0 Å². The largest absolute Gasteiger partial charge is 0.462 e. The average molecular weight is 456 g/mol. The third kappa shape index (κ3) is 5.12. The van der Waals surface area contributed by atoms with Crippen molar-refractivity contribution >= 4 is 38.4 Å². The van der Waals surface area contributed by atoms with Crippen LogP contribution in [0.3, 0.4) is 0 Å². The molecule has 9 heteroatoms. The molecule has 3 rings (SSSR count). The molecule has 3 aromatic rings. The van der Waals surface area contributed by atoms with Crippen LogP contribution in [0.1, 0.15) is 30.6 Å². The lowest BCUT2D eigenvalue weighted by atomic mass is 10.2. The minimum atomic E-state index is -3.96. The van der Waals surface area contributed by atoms with Crippen molar-refractivity contribution in [3.63, 3.8) is 0 Å². The summed E-state index contributed by atoms with van der Waals surface area (Å²) < 4.78 is 33.0. The zero-order chi connectivity index (χ0) is 23.1. The Labute approximate surface area is 187 Å². The lowest BCUT2D eigenvalue weighted by molar-refractivity contribution is -0.116. The molecule has 0 aliphatic carbocycles. The van der Waals surface area contributed by atoms with Crippen LogP contribution in [0.25, 0.3) is 10.8 Å². The second-order valence-corrected chi connectivity index (χ2v) is 8.91. The number of para-hydroxylation sites is 1. The molecule has 0 saturated carbocycles. The predicted molar refractivity (Wildman–Crippen MR) is 122 cm³/mol. The average Bonchev–Trinajstić information content (AvgIpc) is 2.79. The highest BCUT2D eigenvalue weighted by atomic mass is 32.2. The minimum absolute atomic E-state index is 0.116. The quantitative estimate of drug-likeness (QED) is 0.496. The molecule has 8 nitrogen and oxygen atoms in total. The van der Waals surface area contributed by atoms with Crippen molar-refractivity contribution in [3.05, 3.63) is 66.5 Å². The van der Waals surface area contributed by atoms with E-state index >= 15 is 0 Å². The van der Waals surface area contributed by atoms with Crippen LogP contribution in [0, 0.1) is 0 Å². The molecular weight excluding hydrogens is 430 g/mol. The molecule has 1 amide bonds. The van der Waals surface area contributed by atoms with E-state index < -0.39 is 28.4 Å². The Kier molecular flexibility index (Phi) is 7.55. The summed E-state index contributed by atoms with van der Waals surface area (Å²) in [6, 6.07) is 13.0. The van der Waals surface area contributed by atoms with Crippen LogP contribution in [0.5, 0.6) is 0 Å². The zero-order valence-electron chi connectivity index (χ0n) is 17.9. The summed E-state index contributed by atoms with van der Waals surface area (Å²) in [6.45, 7) is 3.50. The van der Waals surface area contributed by atoms with Crippen molar-refractivity contribution in [3.8, 4) is 0 Å². The Balaban J connectivity index is 1.87. The number of benzene rings is 2. The first kappa shape index (κ1) is 23.4. The Morgan fingerprint density at radius 2 is 1.84 bits per heavy atom. The first-order valence-electron chi connectivity index (χ1n) is 10.3. The molecule has 0 bridgehead atoms. The summed E-state index contributed by atoms with van der Waals surface area (Å²) in [5.41, 5.74) is 0.468. The molecule has 0 unspecified atom stereocenters. The van der Waals surface area contributed by atoms with E-state index in [1.807, 2.05) is 6.92 Å². The van der Waals surface area contributed by atoms with E-state index in [1.165, 1.54) is 18.3 Å². The second-order valence-electron chi connectivity index (χ2n) is 7.01. The normalized spacial score (nSPS) is 11.5. The van der Waals surface area contributed by atoms with Crippen molar-refractivity contribution in [1.29, 1.82) is 0 Å². The number of hydrogen-bond acceptors (Lipinski definition) is 6. The number of ether oxygens (including phenoxy) is 1. The van der Waals surface area contributed by atoms with Crippen LogP contribution in [0.2, 0.25) is 0 Å². The summed E-state index contributed by atoms with van der Waals surface area (Å²) in [4.78, 5) is 29.1. The number of nitrogens with one attached hydrogen (secondary N) is 1. The maximum atomic E-state index is 13.4. The third-order valence-electron chi connectivity index (χ3n) is 4.75. The highest BCUT2D eigenvalue weighted by Gasteiger charge is 2.28. The summed E-state index contributed by atoms with van der Waals surface area (Å²) in [5.74, 6) is -1.12. The van der Waals surface area contributed by atoms with E-state index in [4.69, 9.17) is 4.74 Å². The van der Waals surface area contributed by atoms with Gasteiger partial charge in [-0.05, 0) is 37.6 Å². The molecule has 0 spiro atoms. The fraction of sp³-hybridized carbons (Fsp3) is 0.261. The van der Waals surface area contributed by atoms with Gasteiger partial charge in [0, 0.05) is 29.7 Å². The molecule has 168 valence electrons. The molecular formula is C23H25N3O5S. The fourth-order valence-electron chi connectivity index (χ4n) is 3.32. The van der Waals surface area contributed by atoms with Gasteiger partial charge in [0.25, 0.3) is 0 Å². The van der Waals surface area contributed by atoms with Crippen LogP contribution in [0.4, 0.5) is 5.69 Å². The number of sulfonamides is 1. The summed E-state index contributed by atoms with van der Waals surface area (Å²) in [7, 11) is -3.96. The highest BCUT2D eigenvalue weighted by molar-refractivity contribution is 7.89. The molecule has 1 N–H and O–H groups in total. The van der Waals surface area contributed by atoms with E-state index in [0.717, 1.165) is 4.31 Å². The first-order chi connectivity index (χ1) is 15.4. The number of aromatic nitrogens is 1. The molecule has 0 aliphatic rings. The van der Waals surface area contributed by atoms with E-state index in [-0.39, 0.29) is 29.3 Å². The lowest BCUT2D eigenvalue weighted by Crippen LogP contribution is -2.38. The van der Waals surface area contributed by atoms with Crippen LogP contribution >= 0.6 is 0 Å². The molecule has 32 heavy (non-hydrogen) atoms. The van der Waals surface area contributed by atoms with E-state index in [9.17, 15) is 18.0 Å². The molecule has 1 aromatic heterocycles. The Morgan fingerprint density at radius 1 is 1.06 bits per heavy atom. The number of anilines is 1. The van der Waals surface area contributed by atoms with Gasteiger partial charge in [0.15, 0.2) is 0 Å². The molecule has 0 atom stereocenters. The van der Waals surface area contributed by atoms with Gasteiger partial charge in [0.2, 0.25) is 15.9 Å². The Bertz CT molecular complexity index is 1220. The summed E-state index contributed by atoms with van der Waals surface area (Å²) >= 11 is 0. The van der Waals surface area contributed by atoms with E-state index in [0.29, 0.717) is 17.2 Å². The second kappa shape index (κ2) is 10.3. The minimum Gasteiger partial charge on any atom is -0.462 e. The van der Waals surface area contributed by atoms with Gasteiger partial charge in [-0.2, -0.15) is 4.31 Å². The van der Waals surface area contributed by atoms with Crippen LogP contribution < -0.4 is 5.32 Å². The van der Waals surface area contributed by atoms with Crippen LogP contribution in [-0.2, 0) is 19.6 Å². The number of carbonyl (C=O) groups is 2. The first-order valence-corrected chi connectivity index (χ1v) is 11.7. The van der Waals surface area contributed by atoms with Gasteiger partial charge in [-0.15, -0.1) is 0 Å². The molecule has 0 aliphatic heterocycles. The molecule has 2 aromatic carbocycles. The van der Waals surface area contributed by atoms with Crippen LogP contribution in [0.15, 0.2) is 65.8 Å². The van der Waals surface area contributed by atoms with Gasteiger partial charge >= 0.3 is 5.97 Å². The number of hydrogen-bond donors (Lipinski definition) is 1. The number of pyridine rings is 1. The van der Waals surface area contributed by atoms with Crippen molar-refractivity contribution < 1.29 is 22.7 Å². The molecule has 1 heterocycles. The standard InChI is InChI=1S/C23H25N3O5S/c1-3-14-26(32(29,30)21-11-7-8-17-15-24-13-12-18(17)21)16-22(27)25-20-10-6-5-9-19(20)23(28)31-4-2/h5-13,15H,3-4,14,16H2,1-2H3,(H,25,27). The molecule has 0 fully saturated rings. The van der Waals surface area contributed by atoms with Gasteiger partial charge in [-0.3, -0.25) is 9.78 Å². The number of amides is 1. The van der Waals surface area contributed by atoms with Crippen molar-refractivity contribution in [1.82, 2.24) is 9.29 Å². The smallest absolute Gasteiger partial charge is 0.340 e. The Morgan fingerprint density at radius 3 is 2.59 bits per heavy atom. The highest BCUT2D eigenvalue weighted by Crippen LogP contribution is 2.25. The predicted octanol–water partition coefficient (Wildman–Crippen LogP) is 3.45. The summed E-state index contributed by atoms with van der Waals surface area (Å²) in [6.07, 6.45) is 3.65. The number of rotatable bonds is 9. The van der Waals surface area contributed by atoms with Gasteiger partial charge in [-0.25, -0.2) is 13.2 Å². The van der Waals surface area contributed by atoms with Gasteiger partial charge < -0.3 is 10.1 Å². The number of fused-ring (bicyclic) bond motifs is 1. The maximum Gasteiger partial charge on any atom is 0.340 e. The van der Waals surface area contributed by atoms with E-state index in [2.05, 4.69) is 10.3 Å². The lowest BCUT2D eigenvalue weighted by Gasteiger charge is -2.22. The monoisotopic (exact) mass is 455 g/mol. The maximum absolute atomic E-state index is 13.4. The van der Waals surface area contributed by atoms with Crippen molar-refractivity contribution in [2.45, 2.75) is 25.2 Å². The topological polar surface area (TPSA) is 106 Å². The van der Waals surface area contributed by atoms with Gasteiger partial charge in [-0.1, -0.05) is 31.2 Å². The summed E-state index contributed by atoms with van der Waals surface area (Å²) in [5, 5.41) is 3.87. The third-order valence-corrected chi connectivity index (χ3v) is 6.65. The fourth-order valence-corrected chi connectivity index (χ4v) is 5.02. The van der Waals surface area contributed by atoms with E-state index in [1.54, 1.807) is 49.5 Å².